The number of thiophene rings is 1. The Morgan fingerprint density at radius 2 is 2.06 bits per heavy atom. The van der Waals surface area contributed by atoms with Gasteiger partial charge < -0.3 is 5.73 Å². The van der Waals surface area contributed by atoms with Gasteiger partial charge in [0.15, 0.2) is 0 Å². The SMILES string of the molecule is CSc1ccccc1-c1sc(C#N)c(N)c1C. The van der Waals surface area contributed by atoms with Crippen molar-refractivity contribution in [3.8, 4) is 16.5 Å². The van der Waals surface area contributed by atoms with Crippen molar-refractivity contribution in [2.24, 2.45) is 0 Å². The fourth-order valence-electron chi connectivity index (χ4n) is 1.70. The van der Waals surface area contributed by atoms with Gasteiger partial charge in [-0.1, -0.05) is 18.2 Å². The first-order chi connectivity index (χ1) is 8.19. The zero-order chi connectivity index (χ0) is 12.4. The third-order valence-corrected chi connectivity index (χ3v) is 4.69. The zero-order valence-corrected chi connectivity index (χ0v) is 11.3. The van der Waals surface area contributed by atoms with Crippen LogP contribution in [0.1, 0.15) is 10.4 Å². The number of benzene rings is 1. The second kappa shape index (κ2) is 4.82. The van der Waals surface area contributed by atoms with Gasteiger partial charge in [0, 0.05) is 15.3 Å². The second-order valence-corrected chi connectivity index (χ2v) is 5.48. The Kier molecular flexibility index (Phi) is 3.41. The van der Waals surface area contributed by atoms with Gasteiger partial charge in [0.25, 0.3) is 0 Å². The van der Waals surface area contributed by atoms with E-state index >= 15 is 0 Å². The highest BCUT2D eigenvalue weighted by Crippen LogP contribution is 2.41. The van der Waals surface area contributed by atoms with Crippen molar-refractivity contribution >= 4 is 28.8 Å². The third kappa shape index (κ3) is 2.04. The minimum absolute atomic E-state index is 0.605. The summed E-state index contributed by atoms with van der Waals surface area (Å²) in [5, 5.41) is 9.00. The summed E-state index contributed by atoms with van der Waals surface area (Å²) >= 11 is 3.17. The van der Waals surface area contributed by atoms with Crippen LogP contribution in [0.15, 0.2) is 29.2 Å². The molecule has 0 radical (unpaired) electrons. The molecular formula is C13H12N2S2. The number of thioether (sulfide) groups is 1. The molecule has 0 amide bonds. The number of nitrogens with two attached hydrogens (primary N) is 1. The number of hydrogen-bond acceptors (Lipinski definition) is 4. The van der Waals surface area contributed by atoms with Crippen molar-refractivity contribution in [1.82, 2.24) is 0 Å². The number of nitrogen functional groups attached to an aromatic ring is 1. The van der Waals surface area contributed by atoms with Crippen LogP contribution in [-0.2, 0) is 0 Å². The maximum Gasteiger partial charge on any atom is 0.128 e. The summed E-state index contributed by atoms with van der Waals surface area (Å²) in [6.45, 7) is 1.97. The molecule has 2 nitrogen and oxygen atoms in total. The first kappa shape index (κ1) is 12.0. The summed E-state index contributed by atoms with van der Waals surface area (Å²) in [7, 11) is 0. The van der Waals surface area contributed by atoms with Crippen LogP contribution in [0.2, 0.25) is 0 Å². The Labute approximate surface area is 109 Å². The van der Waals surface area contributed by atoms with Crippen molar-refractivity contribution in [2.75, 3.05) is 12.0 Å². The maximum atomic E-state index is 9.00. The number of rotatable bonds is 2. The Balaban J connectivity index is 2.65. The molecule has 0 spiro atoms. The topological polar surface area (TPSA) is 49.8 Å². The summed E-state index contributed by atoms with van der Waals surface area (Å²) in [6, 6.07) is 10.3. The first-order valence-corrected chi connectivity index (χ1v) is 7.15. The molecule has 2 rings (SSSR count). The largest absolute Gasteiger partial charge is 0.397 e. The van der Waals surface area contributed by atoms with Crippen LogP contribution in [0.3, 0.4) is 0 Å². The zero-order valence-electron chi connectivity index (χ0n) is 9.65. The molecule has 1 aromatic carbocycles. The van der Waals surface area contributed by atoms with Crippen molar-refractivity contribution < 1.29 is 0 Å². The molecule has 17 heavy (non-hydrogen) atoms. The number of hydrogen-bond donors (Lipinski definition) is 1. The number of anilines is 1. The predicted octanol–water partition coefficient (Wildman–Crippen LogP) is 3.90. The van der Waals surface area contributed by atoms with E-state index in [2.05, 4.69) is 24.5 Å². The van der Waals surface area contributed by atoms with E-state index in [1.165, 1.54) is 16.2 Å². The monoisotopic (exact) mass is 260 g/mol. The average Bonchev–Trinajstić information content (AvgIpc) is 2.66. The van der Waals surface area contributed by atoms with Crippen molar-refractivity contribution in [3.05, 3.63) is 34.7 Å². The number of nitrogens with zero attached hydrogens (tertiary/aromatic N) is 1. The predicted molar refractivity (Wildman–Crippen MR) is 75.4 cm³/mol. The van der Waals surface area contributed by atoms with Crippen molar-refractivity contribution in [1.29, 1.82) is 5.26 Å². The van der Waals surface area contributed by atoms with Crippen LogP contribution in [-0.4, -0.2) is 6.26 Å². The molecular weight excluding hydrogens is 248 g/mol. The summed E-state index contributed by atoms with van der Waals surface area (Å²) in [5.74, 6) is 0. The summed E-state index contributed by atoms with van der Waals surface area (Å²) < 4.78 is 0. The van der Waals surface area contributed by atoms with E-state index in [1.54, 1.807) is 11.8 Å². The summed E-state index contributed by atoms with van der Waals surface area (Å²) in [4.78, 5) is 2.92. The number of nitriles is 1. The van der Waals surface area contributed by atoms with Crippen LogP contribution in [0.25, 0.3) is 10.4 Å². The highest BCUT2D eigenvalue weighted by Gasteiger charge is 2.15. The van der Waals surface area contributed by atoms with Crippen LogP contribution in [0.4, 0.5) is 5.69 Å². The van der Waals surface area contributed by atoms with E-state index < -0.39 is 0 Å². The molecule has 2 N–H and O–H groups in total. The molecule has 0 saturated carbocycles. The lowest BCUT2D eigenvalue weighted by Crippen LogP contribution is -1.88. The maximum absolute atomic E-state index is 9.00. The molecule has 1 heterocycles. The minimum Gasteiger partial charge on any atom is -0.397 e. The fraction of sp³-hybridized carbons (Fsp3) is 0.154. The summed E-state index contributed by atoms with van der Waals surface area (Å²) in [5.41, 5.74) is 8.71. The van der Waals surface area contributed by atoms with Gasteiger partial charge in [0.05, 0.1) is 5.69 Å². The van der Waals surface area contributed by atoms with Gasteiger partial charge in [-0.05, 0) is 24.8 Å². The molecule has 4 heteroatoms. The molecule has 1 aromatic heterocycles. The standard InChI is InChI=1S/C13H12N2S2/c1-8-12(15)11(7-14)17-13(8)9-5-3-4-6-10(9)16-2/h3-6H,15H2,1-2H3. The highest BCUT2D eigenvalue weighted by molar-refractivity contribution is 7.98. The highest BCUT2D eigenvalue weighted by atomic mass is 32.2. The Morgan fingerprint density at radius 3 is 2.65 bits per heavy atom. The molecule has 86 valence electrons. The van der Waals surface area contributed by atoms with Crippen LogP contribution in [0, 0.1) is 18.3 Å². The quantitative estimate of drug-likeness (QED) is 0.833. The second-order valence-electron chi connectivity index (χ2n) is 3.61. The molecule has 0 atom stereocenters. The van der Waals surface area contributed by atoms with Gasteiger partial charge in [-0.3, -0.25) is 0 Å². The molecule has 0 bridgehead atoms. The minimum atomic E-state index is 0.605. The molecule has 0 aliphatic rings. The third-order valence-electron chi connectivity index (χ3n) is 2.65. The smallest absolute Gasteiger partial charge is 0.128 e. The van der Waals surface area contributed by atoms with E-state index in [-0.39, 0.29) is 0 Å². The Morgan fingerprint density at radius 1 is 1.35 bits per heavy atom. The van der Waals surface area contributed by atoms with Crippen LogP contribution >= 0.6 is 23.1 Å². The lowest BCUT2D eigenvalue weighted by atomic mass is 10.1. The Bertz CT molecular complexity index is 594. The normalized spacial score (nSPS) is 10.2. The summed E-state index contributed by atoms with van der Waals surface area (Å²) in [6.07, 6.45) is 2.05. The van der Waals surface area contributed by atoms with E-state index in [4.69, 9.17) is 11.0 Å². The van der Waals surface area contributed by atoms with Gasteiger partial charge in [0.2, 0.25) is 0 Å². The molecule has 0 aliphatic heterocycles. The van der Waals surface area contributed by atoms with Crippen LogP contribution < -0.4 is 5.73 Å². The average molecular weight is 260 g/mol. The molecule has 2 aromatic rings. The van der Waals surface area contributed by atoms with Gasteiger partial charge in [0.1, 0.15) is 10.9 Å². The van der Waals surface area contributed by atoms with E-state index in [9.17, 15) is 0 Å². The molecule has 0 aliphatic carbocycles. The Hall–Kier alpha value is -1.44. The van der Waals surface area contributed by atoms with Gasteiger partial charge in [-0.2, -0.15) is 5.26 Å². The fourth-order valence-corrected chi connectivity index (χ4v) is 3.43. The first-order valence-electron chi connectivity index (χ1n) is 5.11. The van der Waals surface area contributed by atoms with Crippen molar-refractivity contribution in [3.63, 3.8) is 0 Å². The van der Waals surface area contributed by atoms with Gasteiger partial charge in [-0.25, -0.2) is 0 Å². The molecule has 0 saturated heterocycles. The molecule has 0 fully saturated rings. The van der Waals surface area contributed by atoms with E-state index in [1.807, 2.05) is 19.1 Å². The van der Waals surface area contributed by atoms with Crippen molar-refractivity contribution in [2.45, 2.75) is 11.8 Å². The van der Waals surface area contributed by atoms with Gasteiger partial charge >= 0.3 is 0 Å². The van der Waals surface area contributed by atoms with E-state index in [0.717, 1.165) is 16.0 Å². The van der Waals surface area contributed by atoms with Crippen LogP contribution in [0.5, 0.6) is 0 Å². The lowest BCUT2D eigenvalue weighted by molar-refractivity contribution is 1.44. The molecule has 0 unspecified atom stereocenters. The lowest BCUT2D eigenvalue weighted by Gasteiger charge is -2.05. The van der Waals surface area contributed by atoms with Gasteiger partial charge in [-0.15, -0.1) is 23.1 Å². The van der Waals surface area contributed by atoms with E-state index in [0.29, 0.717) is 10.6 Å².